The first-order valence-corrected chi connectivity index (χ1v) is 5.89. The number of carbonyl (C=O) groups excluding carboxylic acids is 1. The number of hydrogen-bond donors (Lipinski definition) is 1. The van der Waals surface area contributed by atoms with Gasteiger partial charge in [-0.15, -0.1) is 0 Å². The van der Waals surface area contributed by atoms with Crippen LogP contribution in [0.5, 0.6) is 0 Å². The Morgan fingerprint density at radius 2 is 1.89 bits per heavy atom. The van der Waals surface area contributed by atoms with Crippen LogP contribution in [0, 0.1) is 12.7 Å². The van der Waals surface area contributed by atoms with Crippen molar-refractivity contribution in [3.63, 3.8) is 0 Å². The van der Waals surface area contributed by atoms with E-state index in [1.165, 1.54) is 11.0 Å². The van der Waals surface area contributed by atoms with E-state index in [4.69, 9.17) is 5.73 Å². The summed E-state index contributed by atoms with van der Waals surface area (Å²) in [6.07, 6.45) is 0. The van der Waals surface area contributed by atoms with E-state index in [1.54, 1.807) is 50.4 Å². The number of nitrogens with zero attached hydrogens (tertiary/aromatic N) is 1. The second kappa shape index (κ2) is 5.10. The lowest BCUT2D eigenvalue weighted by Gasteiger charge is -2.19. The predicted octanol–water partition coefficient (Wildman–Crippen LogP) is 2.99. The first-order chi connectivity index (χ1) is 9.00. The monoisotopic (exact) mass is 258 g/mol. The number of hydrogen-bond acceptors (Lipinski definition) is 2. The second-order valence-corrected chi connectivity index (χ2v) is 4.39. The van der Waals surface area contributed by atoms with Crippen LogP contribution in [0.1, 0.15) is 15.9 Å². The zero-order valence-corrected chi connectivity index (χ0v) is 10.9. The molecular weight excluding hydrogens is 243 g/mol. The Kier molecular flexibility index (Phi) is 3.51. The Balaban J connectivity index is 2.34. The fraction of sp³-hybridized carbons (Fsp3) is 0.133. The van der Waals surface area contributed by atoms with Gasteiger partial charge in [0, 0.05) is 12.6 Å². The molecule has 0 fully saturated rings. The summed E-state index contributed by atoms with van der Waals surface area (Å²) >= 11 is 0. The van der Waals surface area contributed by atoms with Gasteiger partial charge >= 0.3 is 0 Å². The minimum atomic E-state index is -0.389. The second-order valence-electron chi connectivity index (χ2n) is 4.39. The van der Waals surface area contributed by atoms with Crippen molar-refractivity contribution < 1.29 is 9.18 Å². The van der Waals surface area contributed by atoms with Gasteiger partial charge in [-0.3, -0.25) is 4.79 Å². The molecule has 0 unspecified atom stereocenters. The van der Waals surface area contributed by atoms with E-state index in [2.05, 4.69) is 0 Å². The first kappa shape index (κ1) is 13.1. The number of aryl methyl sites for hydroxylation is 1. The first-order valence-electron chi connectivity index (χ1n) is 5.89. The third-order valence-electron chi connectivity index (χ3n) is 3.02. The summed E-state index contributed by atoms with van der Waals surface area (Å²) in [5, 5.41) is 0. The maximum Gasteiger partial charge on any atom is 0.258 e. The lowest BCUT2D eigenvalue weighted by Crippen LogP contribution is -2.27. The maximum absolute atomic E-state index is 13.5. The van der Waals surface area contributed by atoms with E-state index < -0.39 is 0 Å². The van der Waals surface area contributed by atoms with Crippen LogP contribution in [-0.4, -0.2) is 13.0 Å². The van der Waals surface area contributed by atoms with Crippen LogP contribution >= 0.6 is 0 Å². The highest BCUT2D eigenvalue weighted by Gasteiger charge is 2.16. The van der Waals surface area contributed by atoms with Crippen LogP contribution in [0.3, 0.4) is 0 Å². The van der Waals surface area contributed by atoms with Gasteiger partial charge < -0.3 is 10.6 Å². The van der Waals surface area contributed by atoms with Crippen LogP contribution in [0.2, 0.25) is 0 Å². The molecule has 0 spiro atoms. The average Bonchev–Trinajstić information content (AvgIpc) is 2.41. The Morgan fingerprint density at radius 1 is 1.21 bits per heavy atom. The van der Waals surface area contributed by atoms with E-state index in [1.807, 2.05) is 0 Å². The Hall–Kier alpha value is -2.36. The van der Waals surface area contributed by atoms with Gasteiger partial charge in [-0.1, -0.05) is 18.2 Å². The van der Waals surface area contributed by atoms with Crippen LogP contribution in [-0.2, 0) is 0 Å². The number of rotatable bonds is 2. The molecule has 98 valence electrons. The number of para-hydroxylation sites is 2. The number of benzene rings is 2. The molecule has 4 heteroatoms. The molecule has 1 amide bonds. The molecule has 3 nitrogen and oxygen atoms in total. The van der Waals surface area contributed by atoms with Crippen molar-refractivity contribution in [1.29, 1.82) is 0 Å². The van der Waals surface area contributed by atoms with E-state index in [0.29, 0.717) is 22.5 Å². The third kappa shape index (κ3) is 2.57. The fourth-order valence-corrected chi connectivity index (χ4v) is 1.82. The van der Waals surface area contributed by atoms with Crippen LogP contribution in [0.15, 0.2) is 42.5 Å². The maximum atomic E-state index is 13.5. The Bertz CT molecular complexity index is 625. The van der Waals surface area contributed by atoms with E-state index in [-0.39, 0.29) is 11.7 Å². The molecule has 2 aromatic rings. The fourth-order valence-electron chi connectivity index (χ4n) is 1.82. The predicted molar refractivity (Wildman–Crippen MR) is 74.7 cm³/mol. The third-order valence-corrected chi connectivity index (χ3v) is 3.02. The quantitative estimate of drug-likeness (QED) is 0.842. The molecule has 0 aliphatic heterocycles. The summed E-state index contributed by atoms with van der Waals surface area (Å²) in [6, 6.07) is 11.5. The van der Waals surface area contributed by atoms with Gasteiger partial charge in [0.2, 0.25) is 0 Å². The SMILES string of the molecule is Cc1ccc(C(=O)N(C)c2ccccc2N)cc1F. The van der Waals surface area contributed by atoms with Gasteiger partial charge in [0.05, 0.1) is 11.4 Å². The highest BCUT2D eigenvalue weighted by Crippen LogP contribution is 2.23. The molecular formula is C15H15FN2O. The standard InChI is InChI=1S/C15H15FN2O/c1-10-7-8-11(9-12(10)16)15(19)18(2)14-6-4-3-5-13(14)17/h3-9H,17H2,1-2H3. The molecule has 2 rings (SSSR count). The van der Waals surface area contributed by atoms with Gasteiger partial charge in [0.25, 0.3) is 5.91 Å². The smallest absolute Gasteiger partial charge is 0.258 e. The van der Waals surface area contributed by atoms with Gasteiger partial charge in [-0.05, 0) is 36.8 Å². The number of amides is 1. The lowest BCUT2D eigenvalue weighted by atomic mass is 10.1. The van der Waals surface area contributed by atoms with E-state index in [0.717, 1.165) is 0 Å². The van der Waals surface area contributed by atoms with Crippen molar-refractivity contribution in [3.05, 3.63) is 59.4 Å². The van der Waals surface area contributed by atoms with Gasteiger partial charge in [0.1, 0.15) is 5.82 Å². The molecule has 19 heavy (non-hydrogen) atoms. The van der Waals surface area contributed by atoms with Crippen molar-refractivity contribution in [3.8, 4) is 0 Å². The summed E-state index contributed by atoms with van der Waals surface area (Å²) in [6.45, 7) is 1.66. The average molecular weight is 258 g/mol. The summed E-state index contributed by atoms with van der Waals surface area (Å²) in [7, 11) is 1.62. The van der Waals surface area contributed by atoms with Crippen molar-refractivity contribution in [2.24, 2.45) is 0 Å². The normalized spacial score (nSPS) is 10.3. The summed E-state index contributed by atoms with van der Waals surface area (Å²) in [4.78, 5) is 13.7. The highest BCUT2D eigenvalue weighted by molar-refractivity contribution is 6.07. The zero-order valence-electron chi connectivity index (χ0n) is 10.9. The van der Waals surface area contributed by atoms with Crippen molar-refractivity contribution in [2.45, 2.75) is 6.92 Å². The number of carbonyl (C=O) groups is 1. The topological polar surface area (TPSA) is 46.3 Å². The van der Waals surface area contributed by atoms with Gasteiger partial charge in [-0.25, -0.2) is 4.39 Å². The molecule has 0 heterocycles. The van der Waals surface area contributed by atoms with E-state index >= 15 is 0 Å². The molecule has 0 aromatic heterocycles. The minimum Gasteiger partial charge on any atom is -0.397 e. The van der Waals surface area contributed by atoms with Crippen molar-refractivity contribution in [2.75, 3.05) is 17.7 Å². The van der Waals surface area contributed by atoms with E-state index in [9.17, 15) is 9.18 Å². The molecule has 0 atom stereocenters. The molecule has 2 aromatic carbocycles. The number of halogens is 1. The van der Waals surface area contributed by atoms with Crippen molar-refractivity contribution >= 4 is 17.3 Å². The number of nitrogen functional groups attached to an aromatic ring is 1. The van der Waals surface area contributed by atoms with Crippen LogP contribution < -0.4 is 10.6 Å². The Morgan fingerprint density at radius 3 is 2.53 bits per heavy atom. The lowest BCUT2D eigenvalue weighted by molar-refractivity contribution is 0.0992. The molecule has 0 bridgehead atoms. The zero-order chi connectivity index (χ0) is 14.0. The van der Waals surface area contributed by atoms with Gasteiger partial charge in [0.15, 0.2) is 0 Å². The summed E-state index contributed by atoms with van der Waals surface area (Å²) in [5.74, 6) is -0.683. The molecule has 0 aliphatic rings. The number of nitrogens with two attached hydrogens (primary N) is 1. The van der Waals surface area contributed by atoms with Crippen LogP contribution in [0.25, 0.3) is 0 Å². The van der Waals surface area contributed by atoms with Crippen LogP contribution in [0.4, 0.5) is 15.8 Å². The van der Waals surface area contributed by atoms with Gasteiger partial charge in [-0.2, -0.15) is 0 Å². The summed E-state index contributed by atoms with van der Waals surface area (Å²) < 4.78 is 13.5. The molecule has 0 saturated heterocycles. The highest BCUT2D eigenvalue weighted by atomic mass is 19.1. The molecule has 0 aliphatic carbocycles. The largest absolute Gasteiger partial charge is 0.397 e. The molecule has 0 saturated carbocycles. The molecule has 2 N–H and O–H groups in total. The summed E-state index contributed by atoms with van der Waals surface area (Å²) in [5.41, 5.74) is 7.75. The molecule has 0 radical (unpaired) electrons. The van der Waals surface area contributed by atoms with Crippen molar-refractivity contribution in [1.82, 2.24) is 0 Å². The minimum absolute atomic E-state index is 0.295. The number of anilines is 2. The Labute approximate surface area is 111 Å².